The number of benzene rings is 2. The Morgan fingerprint density at radius 3 is 2.00 bits per heavy atom. The molecule has 150 valence electrons. The molecule has 0 amide bonds. The molecule has 2 aromatic rings. The van der Waals surface area contributed by atoms with Gasteiger partial charge in [0.15, 0.2) is 11.5 Å². The fraction of sp³-hybridized carbons (Fsp3) is 0.429. The van der Waals surface area contributed by atoms with Gasteiger partial charge >= 0.3 is 0 Å². The SMILES string of the molecule is Br.Oc1ccc(CNCCCCCCNCCc2ccc(Cl)cc2)cc1O. The van der Waals surface area contributed by atoms with Crippen molar-refractivity contribution in [1.82, 2.24) is 10.6 Å². The summed E-state index contributed by atoms with van der Waals surface area (Å²) >= 11 is 5.88. The van der Waals surface area contributed by atoms with Crippen LogP contribution >= 0.6 is 28.6 Å². The number of hydrogen-bond acceptors (Lipinski definition) is 4. The maximum atomic E-state index is 9.45. The van der Waals surface area contributed by atoms with Gasteiger partial charge in [0.2, 0.25) is 0 Å². The quantitative estimate of drug-likeness (QED) is 0.273. The van der Waals surface area contributed by atoms with E-state index in [0.29, 0.717) is 6.54 Å². The Morgan fingerprint density at radius 2 is 1.33 bits per heavy atom. The van der Waals surface area contributed by atoms with E-state index in [9.17, 15) is 10.2 Å². The minimum Gasteiger partial charge on any atom is -0.504 e. The summed E-state index contributed by atoms with van der Waals surface area (Å²) in [5, 5.41) is 26.4. The van der Waals surface area contributed by atoms with Crippen LogP contribution in [0.15, 0.2) is 42.5 Å². The van der Waals surface area contributed by atoms with Gasteiger partial charge in [0.05, 0.1) is 0 Å². The number of phenolic OH excluding ortho intramolecular Hbond substituents is 2. The minimum absolute atomic E-state index is 0. The Balaban J connectivity index is 0.00000364. The van der Waals surface area contributed by atoms with Gasteiger partial charge in [-0.1, -0.05) is 42.6 Å². The molecule has 6 heteroatoms. The molecule has 0 spiro atoms. The van der Waals surface area contributed by atoms with Crippen molar-refractivity contribution in [1.29, 1.82) is 0 Å². The van der Waals surface area contributed by atoms with E-state index in [4.69, 9.17) is 11.6 Å². The zero-order valence-corrected chi connectivity index (χ0v) is 18.1. The average molecular weight is 458 g/mol. The number of halogens is 2. The Morgan fingerprint density at radius 1 is 0.704 bits per heavy atom. The van der Waals surface area contributed by atoms with Gasteiger partial charge < -0.3 is 20.8 Å². The van der Waals surface area contributed by atoms with Gasteiger partial charge in [-0.25, -0.2) is 0 Å². The maximum absolute atomic E-state index is 9.45. The molecule has 0 saturated heterocycles. The molecule has 4 N–H and O–H groups in total. The van der Waals surface area contributed by atoms with Crippen LogP contribution in [-0.4, -0.2) is 29.8 Å². The summed E-state index contributed by atoms with van der Waals surface area (Å²) in [7, 11) is 0. The first-order valence-corrected chi connectivity index (χ1v) is 9.69. The second-order valence-corrected chi connectivity index (χ2v) is 6.98. The van der Waals surface area contributed by atoms with Gasteiger partial charge in [0, 0.05) is 11.6 Å². The molecule has 0 aliphatic rings. The van der Waals surface area contributed by atoms with E-state index in [-0.39, 0.29) is 28.5 Å². The van der Waals surface area contributed by atoms with Crippen molar-refractivity contribution in [2.24, 2.45) is 0 Å². The molecular weight excluding hydrogens is 428 g/mol. The normalized spacial score (nSPS) is 10.6. The highest BCUT2D eigenvalue weighted by molar-refractivity contribution is 8.93. The molecule has 0 aliphatic heterocycles. The smallest absolute Gasteiger partial charge is 0.157 e. The van der Waals surface area contributed by atoms with Crippen LogP contribution in [0.3, 0.4) is 0 Å². The van der Waals surface area contributed by atoms with Gasteiger partial charge in [-0.3, -0.25) is 0 Å². The highest BCUT2D eigenvalue weighted by atomic mass is 79.9. The van der Waals surface area contributed by atoms with Crippen LogP contribution in [-0.2, 0) is 13.0 Å². The fourth-order valence-corrected chi connectivity index (χ4v) is 2.90. The van der Waals surface area contributed by atoms with Crippen molar-refractivity contribution >= 4 is 28.6 Å². The second-order valence-electron chi connectivity index (χ2n) is 6.54. The van der Waals surface area contributed by atoms with Gasteiger partial charge in [-0.15, -0.1) is 17.0 Å². The summed E-state index contributed by atoms with van der Waals surface area (Å²) in [4.78, 5) is 0. The monoisotopic (exact) mass is 456 g/mol. The number of hydrogen-bond donors (Lipinski definition) is 4. The van der Waals surface area contributed by atoms with Gasteiger partial charge in [-0.2, -0.15) is 0 Å². The Bertz CT molecular complexity index is 653. The van der Waals surface area contributed by atoms with Crippen molar-refractivity contribution in [3.8, 4) is 11.5 Å². The van der Waals surface area contributed by atoms with Crippen LogP contribution in [0.5, 0.6) is 11.5 Å². The lowest BCUT2D eigenvalue weighted by Crippen LogP contribution is -2.18. The number of aromatic hydroxyl groups is 2. The third kappa shape index (κ3) is 10.0. The van der Waals surface area contributed by atoms with Crippen LogP contribution in [0, 0.1) is 0 Å². The Hall–Kier alpha value is -1.27. The maximum Gasteiger partial charge on any atom is 0.157 e. The predicted octanol–water partition coefficient (Wildman–Crippen LogP) is 4.81. The fourth-order valence-electron chi connectivity index (χ4n) is 2.77. The van der Waals surface area contributed by atoms with Crippen molar-refractivity contribution in [2.75, 3.05) is 19.6 Å². The molecule has 0 bridgehead atoms. The van der Waals surface area contributed by atoms with Crippen LogP contribution in [0.25, 0.3) is 0 Å². The van der Waals surface area contributed by atoms with Crippen molar-refractivity contribution < 1.29 is 10.2 Å². The zero-order chi connectivity index (χ0) is 18.6. The van der Waals surface area contributed by atoms with Crippen molar-refractivity contribution in [2.45, 2.75) is 38.6 Å². The molecule has 2 rings (SSSR count). The molecule has 4 nitrogen and oxygen atoms in total. The van der Waals surface area contributed by atoms with E-state index in [2.05, 4.69) is 22.8 Å². The summed E-state index contributed by atoms with van der Waals surface area (Å²) in [5.74, 6) is -0.136. The summed E-state index contributed by atoms with van der Waals surface area (Å²) in [5.41, 5.74) is 2.29. The summed E-state index contributed by atoms with van der Waals surface area (Å²) in [6.07, 6.45) is 5.83. The lowest BCUT2D eigenvalue weighted by molar-refractivity contribution is 0.403. The van der Waals surface area contributed by atoms with Crippen molar-refractivity contribution in [3.63, 3.8) is 0 Å². The van der Waals surface area contributed by atoms with E-state index in [1.54, 1.807) is 6.07 Å². The molecule has 0 saturated carbocycles. The van der Waals surface area contributed by atoms with Crippen LogP contribution in [0.2, 0.25) is 5.02 Å². The summed E-state index contributed by atoms with van der Waals surface area (Å²) in [6, 6.07) is 13.0. The van der Waals surface area contributed by atoms with Crippen LogP contribution in [0.4, 0.5) is 0 Å². The lowest BCUT2D eigenvalue weighted by Gasteiger charge is -2.07. The first-order valence-electron chi connectivity index (χ1n) is 9.32. The van der Waals surface area contributed by atoms with Crippen molar-refractivity contribution in [3.05, 3.63) is 58.6 Å². The largest absolute Gasteiger partial charge is 0.504 e. The third-order valence-corrected chi connectivity index (χ3v) is 4.58. The van der Waals surface area contributed by atoms with E-state index in [1.807, 2.05) is 18.2 Å². The van der Waals surface area contributed by atoms with E-state index in [0.717, 1.165) is 43.1 Å². The van der Waals surface area contributed by atoms with Gasteiger partial charge in [0.1, 0.15) is 0 Å². The van der Waals surface area contributed by atoms with Gasteiger partial charge in [0.25, 0.3) is 0 Å². The Labute approximate surface area is 177 Å². The molecular formula is C21H30BrClN2O2. The number of phenols is 2. The molecule has 0 atom stereocenters. The molecule has 27 heavy (non-hydrogen) atoms. The number of nitrogens with one attached hydrogen (secondary N) is 2. The molecule has 0 aliphatic carbocycles. The zero-order valence-electron chi connectivity index (χ0n) is 15.6. The average Bonchev–Trinajstić information content (AvgIpc) is 2.64. The predicted molar refractivity (Wildman–Crippen MR) is 118 cm³/mol. The lowest BCUT2D eigenvalue weighted by atomic mass is 10.1. The molecule has 0 aromatic heterocycles. The highest BCUT2D eigenvalue weighted by Gasteiger charge is 2.00. The molecule has 0 heterocycles. The van der Waals surface area contributed by atoms with E-state index in [1.165, 1.54) is 30.9 Å². The van der Waals surface area contributed by atoms with Crippen LogP contribution < -0.4 is 10.6 Å². The third-order valence-electron chi connectivity index (χ3n) is 4.33. The van der Waals surface area contributed by atoms with Gasteiger partial charge in [-0.05, 0) is 74.3 Å². The standard InChI is InChI=1S/C21H29ClN2O2.BrH/c22-19-8-5-17(6-9-19)11-14-23-12-3-1-2-4-13-24-16-18-7-10-20(25)21(26)15-18;/h5-10,15,23-26H,1-4,11-14,16H2;1H. The second kappa shape index (κ2) is 13.8. The molecule has 0 fully saturated rings. The van der Waals surface area contributed by atoms with E-state index < -0.39 is 0 Å². The molecule has 0 unspecified atom stereocenters. The van der Waals surface area contributed by atoms with E-state index >= 15 is 0 Å². The first kappa shape index (κ1) is 23.8. The number of rotatable bonds is 12. The Kier molecular flexibility index (Phi) is 12.2. The molecule has 0 radical (unpaired) electrons. The summed E-state index contributed by atoms with van der Waals surface area (Å²) in [6.45, 7) is 3.74. The van der Waals surface area contributed by atoms with Crippen LogP contribution in [0.1, 0.15) is 36.8 Å². The topological polar surface area (TPSA) is 64.5 Å². The first-order chi connectivity index (χ1) is 12.6. The minimum atomic E-state index is -0.0736. The highest BCUT2D eigenvalue weighted by Crippen LogP contribution is 2.24. The molecule has 2 aromatic carbocycles. The summed E-state index contributed by atoms with van der Waals surface area (Å²) < 4.78 is 0. The number of unbranched alkanes of at least 4 members (excludes halogenated alkanes) is 3.